The molecule has 9 heteroatoms. The predicted molar refractivity (Wildman–Crippen MR) is 118 cm³/mol. The molecule has 2 aromatic carbocycles. The molecule has 30 heavy (non-hydrogen) atoms. The molecule has 1 heterocycles. The Morgan fingerprint density at radius 1 is 1.00 bits per heavy atom. The van der Waals surface area contributed by atoms with Gasteiger partial charge < -0.3 is 27.6 Å². The van der Waals surface area contributed by atoms with E-state index in [4.69, 9.17) is 22.5 Å². The smallest absolute Gasteiger partial charge is 0.439 e. The second-order valence-corrected chi connectivity index (χ2v) is 12.7. The highest BCUT2D eigenvalue weighted by Crippen LogP contribution is 2.57. The number of rotatable bonds is 11. The van der Waals surface area contributed by atoms with Crippen LogP contribution in [0.1, 0.15) is 6.42 Å². The van der Waals surface area contributed by atoms with Crippen LogP contribution in [0.25, 0.3) is 11.1 Å². The summed E-state index contributed by atoms with van der Waals surface area (Å²) in [6, 6.07) is 15.6. The van der Waals surface area contributed by atoms with Gasteiger partial charge in [0.1, 0.15) is 5.75 Å². The zero-order valence-corrected chi connectivity index (χ0v) is 19.5. The first-order valence-corrected chi connectivity index (χ1v) is 13.5. The molecule has 2 unspecified atom stereocenters. The zero-order chi connectivity index (χ0) is 21.6. The number of fused-ring (bicyclic) bond motifs is 3. The summed E-state index contributed by atoms with van der Waals surface area (Å²) >= 11 is 0. The fourth-order valence-corrected chi connectivity index (χ4v) is 7.76. The summed E-state index contributed by atoms with van der Waals surface area (Å²) in [7, 11) is -1.31. The fraction of sp³-hybridized carbons (Fsp3) is 0.429. The lowest BCUT2D eigenvalue weighted by molar-refractivity contribution is 0.1000. The number of aliphatic hydroxyl groups excluding tert-OH is 1. The Balaban J connectivity index is 1.70. The molecule has 0 aliphatic carbocycles. The molecule has 1 aliphatic heterocycles. The van der Waals surface area contributed by atoms with Crippen molar-refractivity contribution in [2.45, 2.75) is 18.1 Å². The molecule has 0 radical (unpaired) electrons. The van der Waals surface area contributed by atoms with Crippen molar-refractivity contribution in [3.8, 4) is 16.9 Å². The van der Waals surface area contributed by atoms with E-state index in [9.17, 15) is 9.67 Å². The maximum atomic E-state index is 14.0. The van der Waals surface area contributed by atoms with E-state index in [1.54, 1.807) is 27.4 Å². The SMILES string of the molecule is CO[Si](CCCOCC(CO)P1(=O)Oc2ccccc2-c2ccccc21)(OC)OC. The van der Waals surface area contributed by atoms with Gasteiger partial charge in [-0.2, -0.15) is 0 Å². The van der Waals surface area contributed by atoms with Crippen LogP contribution in [-0.4, -0.2) is 60.7 Å². The van der Waals surface area contributed by atoms with Crippen molar-refractivity contribution in [1.82, 2.24) is 0 Å². The molecule has 3 rings (SSSR count). The van der Waals surface area contributed by atoms with Gasteiger partial charge in [0.15, 0.2) is 0 Å². The summed E-state index contributed by atoms with van der Waals surface area (Å²) in [6.07, 6.45) is 0.657. The third-order valence-corrected chi connectivity index (χ3v) is 11.0. The first-order valence-electron chi connectivity index (χ1n) is 9.86. The average Bonchev–Trinajstić information content (AvgIpc) is 2.79. The molecule has 1 aliphatic rings. The molecule has 0 saturated carbocycles. The monoisotopic (exact) mass is 452 g/mol. The van der Waals surface area contributed by atoms with Crippen molar-refractivity contribution in [2.24, 2.45) is 0 Å². The number of hydrogen-bond acceptors (Lipinski definition) is 7. The van der Waals surface area contributed by atoms with Gasteiger partial charge >= 0.3 is 8.80 Å². The van der Waals surface area contributed by atoms with E-state index in [1.165, 1.54) is 0 Å². The van der Waals surface area contributed by atoms with Crippen LogP contribution in [0.4, 0.5) is 0 Å². The van der Waals surface area contributed by atoms with Gasteiger partial charge in [-0.1, -0.05) is 36.4 Å². The van der Waals surface area contributed by atoms with Gasteiger partial charge in [-0.15, -0.1) is 0 Å². The van der Waals surface area contributed by atoms with Crippen LogP contribution < -0.4 is 9.83 Å². The zero-order valence-electron chi connectivity index (χ0n) is 17.6. The van der Waals surface area contributed by atoms with E-state index in [2.05, 4.69) is 0 Å². The molecule has 0 bridgehead atoms. The minimum Gasteiger partial charge on any atom is -0.439 e. The lowest BCUT2D eigenvalue weighted by Crippen LogP contribution is -2.42. The van der Waals surface area contributed by atoms with Gasteiger partial charge in [-0.3, -0.25) is 4.57 Å². The molecule has 0 fully saturated rings. The predicted octanol–water partition coefficient (Wildman–Crippen LogP) is 3.30. The van der Waals surface area contributed by atoms with Gasteiger partial charge in [-0.25, -0.2) is 0 Å². The van der Waals surface area contributed by atoms with Crippen molar-refractivity contribution in [3.63, 3.8) is 0 Å². The quantitative estimate of drug-likeness (QED) is 0.318. The topological polar surface area (TPSA) is 83.5 Å². The minimum absolute atomic E-state index is 0.117. The third kappa shape index (κ3) is 4.55. The fourth-order valence-electron chi connectivity index (χ4n) is 3.63. The summed E-state index contributed by atoms with van der Waals surface area (Å²) in [5.41, 5.74) is 1.11. The largest absolute Gasteiger partial charge is 0.500 e. The highest BCUT2D eigenvalue weighted by Gasteiger charge is 2.43. The van der Waals surface area contributed by atoms with E-state index in [-0.39, 0.29) is 13.2 Å². The first kappa shape index (κ1) is 23.2. The number of benzene rings is 2. The van der Waals surface area contributed by atoms with E-state index in [0.717, 1.165) is 11.1 Å². The molecular formula is C21H29O7PSi. The van der Waals surface area contributed by atoms with Crippen LogP contribution in [-0.2, 0) is 22.6 Å². The Morgan fingerprint density at radius 2 is 1.63 bits per heavy atom. The van der Waals surface area contributed by atoms with Gasteiger partial charge in [-0.05, 0) is 24.1 Å². The molecule has 164 valence electrons. The Kier molecular flexibility index (Phi) is 7.87. The van der Waals surface area contributed by atoms with Gasteiger partial charge in [0.2, 0.25) is 0 Å². The summed E-state index contributed by atoms with van der Waals surface area (Å²) in [4.78, 5) is 0. The Bertz CT molecular complexity index is 879. The molecular weight excluding hydrogens is 423 g/mol. The molecule has 0 saturated heterocycles. The van der Waals surface area contributed by atoms with Crippen molar-refractivity contribution in [1.29, 1.82) is 0 Å². The first-order chi connectivity index (χ1) is 14.5. The molecule has 0 aromatic heterocycles. The molecule has 2 atom stereocenters. The van der Waals surface area contributed by atoms with Crippen molar-refractivity contribution in [2.75, 3.05) is 41.2 Å². The van der Waals surface area contributed by atoms with Crippen LogP contribution in [0.15, 0.2) is 48.5 Å². The Hall–Kier alpha value is -1.51. The highest BCUT2D eigenvalue weighted by atomic mass is 31.2. The van der Waals surface area contributed by atoms with Crippen molar-refractivity contribution >= 4 is 21.5 Å². The van der Waals surface area contributed by atoms with Gasteiger partial charge in [0.05, 0.1) is 24.2 Å². The third-order valence-electron chi connectivity index (χ3n) is 5.36. The maximum Gasteiger partial charge on any atom is 0.500 e. The normalized spacial score (nSPS) is 18.9. The summed E-state index contributed by atoms with van der Waals surface area (Å²) in [5, 5.41) is 10.7. The molecule has 0 spiro atoms. The van der Waals surface area contributed by atoms with E-state index in [0.29, 0.717) is 30.1 Å². The van der Waals surface area contributed by atoms with E-state index >= 15 is 0 Å². The lowest BCUT2D eigenvalue weighted by atomic mass is 10.0. The second kappa shape index (κ2) is 10.2. The maximum absolute atomic E-state index is 14.0. The Labute approximate surface area is 178 Å². The molecule has 2 aromatic rings. The summed E-state index contributed by atoms with van der Waals surface area (Å²) < 4.78 is 42.0. The van der Waals surface area contributed by atoms with Crippen LogP contribution in [0.3, 0.4) is 0 Å². The molecule has 1 N–H and O–H groups in total. The van der Waals surface area contributed by atoms with Crippen LogP contribution in [0, 0.1) is 0 Å². The van der Waals surface area contributed by atoms with Gasteiger partial charge in [0, 0.05) is 39.5 Å². The standard InChI is InChI=1S/C21H29O7PSi/c1-24-30(25-2,26-3)14-8-13-27-16-17(15-22)29(23)21-12-7-5-10-19(21)18-9-4-6-11-20(18)28-29/h4-7,9-12,17,22H,8,13-16H2,1-3H3. The molecule has 7 nitrogen and oxygen atoms in total. The van der Waals surface area contributed by atoms with Crippen LogP contribution in [0.2, 0.25) is 6.04 Å². The number of para-hydroxylation sites is 1. The lowest BCUT2D eigenvalue weighted by Gasteiger charge is -2.33. The van der Waals surface area contributed by atoms with Crippen molar-refractivity contribution < 1.29 is 32.2 Å². The molecule has 0 amide bonds. The van der Waals surface area contributed by atoms with E-state index < -0.39 is 21.8 Å². The number of aliphatic hydroxyl groups is 1. The van der Waals surface area contributed by atoms with Crippen LogP contribution >= 0.6 is 7.37 Å². The highest BCUT2D eigenvalue weighted by molar-refractivity contribution is 7.68. The van der Waals surface area contributed by atoms with E-state index in [1.807, 2.05) is 42.5 Å². The summed E-state index contributed by atoms with van der Waals surface area (Å²) in [6.45, 7) is 0.214. The number of ether oxygens (including phenoxy) is 1. The average molecular weight is 453 g/mol. The Morgan fingerprint density at radius 3 is 2.30 bits per heavy atom. The summed E-state index contributed by atoms with van der Waals surface area (Å²) in [5.74, 6) is 0.564. The van der Waals surface area contributed by atoms with Gasteiger partial charge in [0.25, 0.3) is 7.37 Å². The number of hydrogen-bond donors (Lipinski definition) is 1. The minimum atomic E-state index is -3.38. The van der Waals surface area contributed by atoms with Crippen molar-refractivity contribution in [3.05, 3.63) is 48.5 Å². The van der Waals surface area contributed by atoms with Crippen LogP contribution in [0.5, 0.6) is 5.75 Å². The second-order valence-electron chi connectivity index (χ2n) is 7.01.